The summed E-state index contributed by atoms with van der Waals surface area (Å²) in [6.45, 7) is 2.95. The molecule has 1 fully saturated rings. The van der Waals surface area contributed by atoms with Crippen molar-refractivity contribution in [1.29, 1.82) is 0 Å². The smallest absolute Gasteiger partial charge is 0.273 e. The van der Waals surface area contributed by atoms with Crippen molar-refractivity contribution in [2.75, 3.05) is 38.0 Å². The first-order valence-corrected chi connectivity index (χ1v) is 13.6. The van der Waals surface area contributed by atoms with Crippen molar-refractivity contribution in [3.63, 3.8) is 0 Å². The van der Waals surface area contributed by atoms with Gasteiger partial charge in [0.05, 0.1) is 26.0 Å². The van der Waals surface area contributed by atoms with Gasteiger partial charge >= 0.3 is 0 Å². The van der Waals surface area contributed by atoms with Crippen LogP contribution in [0.15, 0.2) is 42.5 Å². The van der Waals surface area contributed by atoms with Crippen molar-refractivity contribution in [3.8, 4) is 11.5 Å². The SMILES string of the molecule is CCc1ccc(N(C(=O)c2snc(C(N)=O)c2N)[C@@H](C(=O)NC[C@@H]2CCCO2)c2ccc(OC)c(OC)c2)cc1. The molecule has 1 aliphatic heterocycles. The zero-order valence-corrected chi connectivity index (χ0v) is 23.5. The number of rotatable bonds is 11. The van der Waals surface area contributed by atoms with Gasteiger partial charge in [0.25, 0.3) is 11.8 Å². The average molecular weight is 568 g/mol. The zero-order chi connectivity index (χ0) is 28.8. The maximum atomic E-state index is 14.2. The largest absolute Gasteiger partial charge is 0.493 e. The lowest BCUT2D eigenvalue weighted by Crippen LogP contribution is -2.45. The third-order valence-electron chi connectivity index (χ3n) is 6.75. The molecular weight excluding hydrogens is 534 g/mol. The average Bonchev–Trinajstić information content (AvgIpc) is 3.63. The number of ether oxygens (including phenoxy) is 3. The molecule has 0 spiro atoms. The molecule has 0 unspecified atom stereocenters. The number of nitrogen functional groups attached to an aromatic ring is 1. The summed E-state index contributed by atoms with van der Waals surface area (Å²) >= 11 is 0.752. The molecule has 0 bridgehead atoms. The fraction of sp³-hybridized carbons (Fsp3) is 0.357. The molecule has 4 rings (SSSR count). The Labute approximate surface area is 236 Å². The van der Waals surface area contributed by atoms with E-state index in [4.69, 9.17) is 25.7 Å². The van der Waals surface area contributed by atoms with Gasteiger partial charge in [-0.05, 0) is 66.2 Å². The number of nitrogens with two attached hydrogens (primary N) is 2. The van der Waals surface area contributed by atoms with Crippen LogP contribution in [0.4, 0.5) is 11.4 Å². The number of hydrogen-bond donors (Lipinski definition) is 3. The van der Waals surface area contributed by atoms with Crippen LogP contribution in [-0.4, -0.2) is 55.6 Å². The molecule has 1 aliphatic rings. The van der Waals surface area contributed by atoms with Gasteiger partial charge in [-0.1, -0.05) is 25.1 Å². The molecule has 3 aromatic rings. The number of aryl methyl sites for hydroxylation is 1. The van der Waals surface area contributed by atoms with E-state index >= 15 is 0 Å². The summed E-state index contributed by atoms with van der Waals surface area (Å²) in [4.78, 5) is 41.4. The first kappa shape index (κ1) is 28.8. The van der Waals surface area contributed by atoms with E-state index in [1.54, 1.807) is 30.3 Å². The Hall–Kier alpha value is -4.16. The maximum absolute atomic E-state index is 14.2. The van der Waals surface area contributed by atoms with Crippen molar-refractivity contribution in [1.82, 2.24) is 9.69 Å². The summed E-state index contributed by atoms with van der Waals surface area (Å²) in [5.41, 5.74) is 13.2. The lowest BCUT2D eigenvalue weighted by molar-refractivity contribution is -0.123. The van der Waals surface area contributed by atoms with Crippen LogP contribution in [0.3, 0.4) is 0 Å². The van der Waals surface area contributed by atoms with Crippen LogP contribution in [0.2, 0.25) is 0 Å². The van der Waals surface area contributed by atoms with Crippen LogP contribution < -0.4 is 31.2 Å². The van der Waals surface area contributed by atoms with E-state index in [-0.39, 0.29) is 28.9 Å². The van der Waals surface area contributed by atoms with Crippen molar-refractivity contribution >= 4 is 40.6 Å². The van der Waals surface area contributed by atoms with Gasteiger partial charge in [-0.2, -0.15) is 4.37 Å². The molecule has 2 aromatic carbocycles. The topological polar surface area (TPSA) is 159 Å². The van der Waals surface area contributed by atoms with E-state index in [1.807, 2.05) is 19.1 Å². The highest BCUT2D eigenvalue weighted by Crippen LogP contribution is 2.37. The van der Waals surface area contributed by atoms with Crippen LogP contribution in [0.25, 0.3) is 0 Å². The molecule has 1 aromatic heterocycles. The Morgan fingerprint density at radius 1 is 1.15 bits per heavy atom. The third-order valence-corrected chi connectivity index (χ3v) is 7.61. The maximum Gasteiger partial charge on any atom is 0.273 e. The van der Waals surface area contributed by atoms with Gasteiger partial charge in [0.15, 0.2) is 17.2 Å². The van der Waals surface area contributed by atoms with Gasteiger partial charge in [-0.25, -0.2) is 0 Å². The molecule has 2 atom stereocenters. The molecule has 0 saturated carbocycles. The number of anilines is 2. The molecule has 0 aliphatic carbocycles. The molecule has 212 valence electrons. The minimum absolute atomic E-state index is 0.00855. The van der Waals surface area contributed by atoms with Crippen molar-refractivity contribution < 1.29 is 28.6 Å². The van der Waals surface area contributed by atoms with E-state index in [1.165, 1.54) is 19.1 Å². The van der Waals surface area contributed by atoms with E-state index < -0.39 is 23.8 Å². The lowest BCUT2D eigenvalue weighted by atomic mass is 10.0. The highest BCUT2D eigenvalue weighted by Gasteiger charge is 2.37. The standard InChI is InChI=1S/C28H33N5O6S/c1-4-16-7-10-18(11-8-16)33(28(36)25-22(29)23(26(30)34)32-40-25)24(27(35)31-15-19-6-5-13-39-19)17-9-12-20(37-2)21(14-17)38-3/h7-12,14,19,24H,4-6,13,15,29H2,1-3H3,(H2,30,34)(H,31,35)/t19-,24+/m0/s1. The second-order valence-corrected chi connectivity index (χ2v) is 10.0. The number of carbonyl (C=O) groups is 3. The number of primary amides is 1. The lowest BCUT2D eigenvalue weighted by Gasteiger charge is -2.32. The summed E-state index contributed by atoms with van der Waals surface area (Å²) in [5.74, 6) is -1.04. The van der Waals surface area contributed by atoms with Gasteiger partial charge < -0.3 is 31.0 Å². The number of amides is 3. The van der Waals surface area contributed by atoms with E-state index in [0.717, 1.165) is 36.4 Å². The summed E-state index contributed by atoms with van der Waals surface area (Å²) < 4.78 is 20.6. The zero-order valence-electron chi connectivity index (χ0n) is 22.6. The van der Waals surface area contributed by atoms with Crippen molar-refractivity contribution in [2.45, 2.75) is 38.3 Å². The van der Waals surface area contributed by atoms with E-state index in [9.17, 15) is 14.4 Å². The van der Waals surface area contributed by atoms with Gasteiger partial charge in [0.2, 0.25) is 5.91 Å². The predicted molar refractivity (Wildman–Crippen MR) is 152 cm³/mol. The number of benzene rings is 2. The van der Waals surface area contributed by atoms with Gasteiger partial charge in [-0.15, -0.1) is 0 Å². The van der Waals surface area contributed by atoms with E-state index in [2.05, 4.69) is 9.69 Å². The Bertz CT molecular complexity index is 1370. The highest BCUT2D eigenvalue weighted by molar-refractivity contribution is 7.09. The van der Waals surface area contributed by atoms with Gasteiger partial charge in [-0.3, -0.25) is 19.3 Å². The molecule has 1 saturated heterocycles. The van der Waals surface area contributed by atoms with Crippen LogP contribution >= 0.6 is 11.5 Å². The minimum Gasteiger partial charge on any atom is -0.493 e. The summed E-state index contributed by atoms with van der Waals surface area (Å²) in [7, 11) is 3.00. The molecule has 12 heteroatoms. The number of aromatic nitrogens is 1. The van der Waals surface area contributed by atoms with Crippen molar-refractivity contribution in [2.24, 2.45) is 5.73 Å². The number of hydrogen-bond acceptors (Lipinski definition) is 9. The van der Waals surface area contributed by atoms with Crippen LogP contribution in [-0.2, 0) is 16.0 Å². The summed E-state index contributed by atoms with van der Waals surface area (Å²) in [5, 5.41) is 2.96. The normalized spacial score (nSPS) is 15.3. The Morgan fingerprint density at radius 3 is 2.45 bits per heavy atom. The molecule has 11 nitrogen and oxygen atoms in total. The minimum atomic E-state index is -1.15. The summed E-state index contributed by atoms with van der Waals surface area (Å²) in [6.07, 6.45) is 2.42. The highest BCUT2D eigenvalue weighted by atomic mass is 32.1. The molecule has 0 radical (unpaired) electrons. The Balaban J connectivity index is 1.85. The van der Waals surface area contributed by atoms with Crippen LogP contribution in [0, 0.1) is 0 Å². The molecule has 40 heavy (non-hydrogen) atoms. The Morgan fingerprint density at radius 2 is 1.88 bits per heavy atom. The van der Waals surface area contributed by atoms with Crippen LogP contribution in [0.5, 0.6) is 11.5 Å². The molecule has 3 amide bonds. The fourth-order valence-corrected chi connectivity index (χ4v) is 5.31. The summed E-state index contributed by atoms with van der Waals surface area (Å²) in [6, 6.07) is 11.2. The molecule has 5 N–H and O–H groups in total. The number of nitrogens with one attached hydrogen (secondary N) is 1. The number of carbonyl (C=O) groups excluding carboxylic acids is 3. The second kappa shape index (κ2) is 12.8. The number of methoxy groups -OCH3 is 2. The third kappa shape index (κ3) is 6.02. The fourth-order valence-electron chi connectivity index (χ4n) is 4.57. The van der Waals surface area contributed by atoms with Crippen LogP contribution in [0.1, 0.15) is 57.1 Å². The Kier molecular flexibility index (Phi) is 9.22. The van der Waals surface area contributed by atoms with E-state index in [0.29, 0.717) is 29.4 Å². The van der Waals surface area contributed by atoms with Gasteiger partial charge in [0, 0.05) is 18.8 Å². The second-order valence-electron chi connectivity index (χ2n) is 9.23. The monoisotopic (exact) mass is 567 g/mol. The predicted octanol–water partition coefficient (Wildman–Crippen LogP) is 3.09. The molecular formula is C28H33N5O6S. The van der Waals surface area contributed by atoms with Crippen molar-refractivity contribution in [3.05, 3.63) is 64.2 Å². The molecule has 2 heterocycles. The van der Waals surface area contributed by atoms with Gasteiger partial charge in [0.1, 0.15) is 10.9 Å². The first-order chi connectivity index (χ1) is 19.3. The quantitative estimate of drug-likeness (QED) is 0.319. The number of nitrogens with zero attached hydrogens (tertiary/aromatic N) is 2. The first-order valence-electron chi connectivity index (χ1n) is 12.9.